The van der Waals surface area contributed by atoms with E-state index in [1.807, 2.05) is 4.90 Å². The maximum atomic E-state index is 12.4. The van der Waals surface area contributed by atoms with Gasteiger partial charge < -0.3 is 25.0 Å². The number of amides is 3. The molecule has 3 aliphatic rings. The Morgan fingerprint density at radius 2 is 2.00 bits per heavy atom. The number of carbonyl (C=O) groups excluding carboxylic acids is 3. The number of urea groups is 1. The molecule has 3 rings (SSSR count). The van der Waals surface area contributed by atoms with Crippen molar-refractivity contribution >= 4 is 17.9 Å². The number of piperazine rings is 1. The second-order valence-corrected chi connectivity index (χ2v) is 7.04. The van der Waals surface area contributed by atoms with Gasteiger partial charge in [0.25, 0.3) is 5.91 Å². The van der Waals surface area contributed by atoms with Gasteiger partial charge in [-0.25, -0.2) is 9.59 Å². The first-order valence-corrected chi connectivity index (χ1v) is 9.60. The highest BCUT2D eigenvalue weighted by molar-refractivity contribution is 5.94. The second kappa shape index (κ2) is 8.71. The summed E-state index contributed by atoms with van der Waals surface area (Å²) in [7, 11) is 0. The van der Waals surface area contributed by atoms with Gasteiger partial charge in [0, 0.05) is 45.0 Å². The van der Waals surface area contributed by atoms with E-state index in [1.165, 1.54) is 0 Å². The molecule has 2 atom stereocenters. The number of nitrogens with one attached hydrogen (secondary N) is 2. The molecule has 9 heteroatoms. The van der Waals surface area contributed by atoms with Crippen molar-refractivity contribution in [2.45, 2.75) is 38.8 Å². The Bertz CT molecular complexity index is 621. The van der Waals surface area contributed by atoms with Gasteiger partial charge in [0.2, 0.25) is 0 Å². The minimum atomic E-state index is -0.417. The molecule has 0 saturated carbocycles. The molecule has 0 radical (unpaired) electrons. The fraction of sp³-hybridized carbons (Fsp3) is 0.722. The lowest BCUT2D eigenvalue weighted by atomic mass is 10.0. The summed E-state index contributed by atoms with van der Waals surface area (Å²) in [6, 6.07) is -0.729. The van der Waals surface area contributed by atoms with Gasteiger partial charge in [-0.1, -0.05) is 0 Å². The molecule has 2 fully saturated rings. The average Bonchev–Trinajstić information content (AvgIpc) is 3.16. The molecule has 2 N–H and O–H groups in total. The highest BCUT2D eigenvalue weighted by atomic mass is 16.5. The molecule has 0 aromatic rings. The Morgan fingerprint density at radius 1 is 1.26 bits per heavy atom. The van der Waals surface area contributed by atoms with Crippen molar-refractivity contribution in [3.63, 3.8) is 0 Å². The zero-order valence-electron chi connectivity index (χ0n) is 16.0. The number of hydrogen-bond donors (Lipinski definition) is 2. The minimum Gasteiger partial charge on any atom is -0.463 e. The van der Waals surface area contributed by atoms with E-state index >= 15 is 0 Å². The fourth-order valence-corrected chi connectivity index (χ4v) is 3.73. The second-order valence-electron chi connectivity index (χ2n) is 7.04. The monoisotopic (exact) mass is 380 g/mol. The van der Waals surface area contributed by atoms with Crippen molar-refractivity contribution in [3.8, 4) is 0 Å². The van der Waals surface area contributed by atoms with Crippen LogP contribution in [0.25, 0.3) is 0 Å². The first kappa shape index (κ1) is 19.6. The van der Waals surface area contributed by atoms with Crippen LogP contribution in [0.2, 0.25) is 0 Å². The number of ether oxygens (including phenoxy) is 2. The van der Waals surface area contributed by atoms with Gasteiger partial charge in [0.05, 0.1) is 18.2 Å². The van der Waals surface area contributed by atoms with Gasteiger partial charge in [0.1, 0.15) is 6.10 Å². The standard InChI is InChI=1S/C18H28N4O5/c1-3-26-17(24)15-12(2)19-18(25)20-13(15)11-21-6-8-22(9-7-21)16(23)14-5-4-10-27-14/h12,14H,3-11H2,1-2H3,(H2,19,20,25). The topological polar surface area (TPSA) is 100 Å². The summed E-state index contributed by atoms with van der Waals surface area (Å²) in [5.41, 5.74) is 1.03. The summed E-state index contributed by atoms with van der Waals surface area (Å²) in [4.78, 5) is 40.6. The lowest BCUT2D eigenvalue weighted by Gasteiger charge is -2.37. The Balaban J connectivity index is 1.61. The summed E-state index contributed by atoms with van der Waals surface area (Å²) in [6.07, 6.45) is 1.44. The predicted octanol–water partition coefficient (Wildman–Crippen LogP) is -0.172. The summed E-state index contributed by atoms with van der Waals surface area (Å²) in [5, 5.41) is 5.44. The van der Waals surface area contributed by atoms with Crippen LogP contribution >= 0.6 is 0 Å². The van der Waals surface area contributed by atoms with Crippen LogP contribution in [0.5, 0.6) is 0 Å². The third-order valence-electron chi connectivity index (χ3n) is 5.14. The van der Waals surface area contributed by atoms with Crippen LogP contribution in [0.15, 0.2) is 11.3 Å². The molecule has 150 valence electrons. The molecule has 0 spiro atoms. The third-order valence-corrected chi connectivity index (χ3v) is 5.14. The molecule has 27 heavy (non-hydrogen) atoms. The van der Waals surface area contributed by atoms with E-state index in [1.54, 1.807) is 13.8 Å². The fourth-order valence-electron chi connectivity index (χ4n) is 3.73. The third kappa shape index (κ3) is 4.59. The molecule has 3 heterocycles. The SMILES string of the molecule is CCOC(=O)C1=C(CN2CCN(C(=O)C3CCCO3)CC2)NC(=O)NC1C. The Labute approximate surface area is 159 Å². The van der Waals surface area contributed by atoms with Crippen molar-refractivity contribution in [1.29, 1.82) is 0 Å². The van der Waals surface area contributed by atoms with E-state index in [0.29, 0.717) is 50.6 Å². The summed E-state index contributed by atoms with van der Waals surface area (Å²) in [6.45, 7) is 7.47. The molecular formula is C18H28N4O5. The van der Waals surface area contributed by atoms with E-state index in [9.17, 15) is 14.4 Å². The van der Waals surface area contributed by atoms with Crippen LogP contribution in [0, 0.1) is 0 Å². The first-order valence-electron chi connectivity index (χ1n) is 9.60. The van der Waals surface area contributed by atoms with Crippen LogP contribution in [0.4, 0.5) is 4.79 Å². The van der Waals surface area contributed by atoms with Crippen LogP contribution < -0.4 is 10.6 Å². The molecular weight excluding hydrogens is 352 g/mol. The quantitative estimate of drug-likeness (QED) is 0.643. The Kier molecular flexibility index (Phi) is 6.33. The number of carbonyl (C=O) groups is 3. The lowest BCUT2D eigenvalue weighted by Crippen LogP contribution is -2.54. The largest absolute Gasteiger partial charge is 0.463 e. The predicted molar refractivity (Wildman–Crippen MR) is 96.8 cm³/mol. The maximum absolute atomic E-state index is 12.4. The van der Waals surface area contributed by atoms with Gasteiger partial charge in [0.15, 0.2) is 0 Å². The average molecular weight is 380 g/mol. The Morgan fingerprint density at radius 3 is 2.63 bits per heavy atom. The number of rotatable bonds is 5. The van der Waals surface area contributed by atoms with E-state index in [-0.39, 0.29) is 24.6 Å². The smallest absolute Gasteiger partial charge is 0.337 e. The van der Waals surface area contributed by atoms with Gasteiger partial charge in [-0.15, -0.1) is 0 Å². The van der Waals surface area contributed by atoms with Crippen molar-refractivity contribution in [2.24, 2.45) is 0 Å². The van der Waals surface area contributed by atoms with E-state index < -0.39 is 12.0 Å². The molecule has 2 unspecified atom stereocenters. The normalized spacial score (nSPS) is 26.6. The summed E-state index contributed by atoms with van der Waals surface area (Å²) in [5.74, 6) is -0.345. The maximum Gasteiger partial charge on any atom is 0.337 e. The molecule has 0 aromatic carbocycles. The van der Waals surface area contributed by atoms with Crippen molar-refractivity contribution in [3.05, 3.63) is 11.3 Å². The van der Waals surface area contributed by atoms with E-state index in [4.69, 9.17) is 9.47 Å². The van der Waals surface area contributed by atoms with E-state index in [2.05, 4.69) is 15.5 Å². The molecule has 3 amide bonds. The van der Waals surface area contributed by atoms with Crippen molar-refractivity contribution in [2.75, 3.05) is 45.9 Å². The Hall–Kier alpha value is -2.13. The molecule has 0 aliphatic carbocycles. The highest BCUT2D eigenvalue weighted by Crippen LogP contribution is 2.18. The molecule has 0 aromatic heterocycles. The number of nitrogens with zero attached hydrogens (tertiary/aromatic N) is 2. The van der Waals surface area contributed by atoms with Crippen molar-refractivity contribution < 1.29 is 23.9 Å². The van der Waals surface area contributed by atoms with Crippen LogP contribution in [-0.2, 0) is 19.1 Å². The number of esters is 1. The minimum absolute atomic E-state index is 0.0716. The summed E-state index contributed by atoms with van der Waals surface area (Å²) >= 11 is 0. The molecule has 3 aliphatic heterocycles. The zero-order chi connectivity index (χ0) is 19.4. The van der Waals surface area contributed by atoms with Crippen LogP contribution in [-0.4, -0.2) is 85.8 Å². The first-order chi connectivity index (χ1) is 13.0. The lowest BCUT2D eigenvalue weighted by molar-refractivity contribution is -0.142. The van der Waals surface area contributed by atoms with Gasteiger partial charge in [-0.2, -0.15) is 0 Å². The highest BCUT2D eigenvalue weighted by Gasteiger charge is 2.33. The molecule has 0 bridgehead atoms. The van der Waals surface area contributed by atoms with Crippen molar-refractivity contribution in [1.82, 2.24) is 20.4 Å². The summed E-state index contributed by atoms with van der Waals surface area (Å²) < 4.78 is 10.6. The number of hydrogen-bond acceptors (Lipinski definition) is 6. The van der Waals surface area contributed by atoms with Gasteiger partial charge >= 0.3 is 12.0 Å². The van der Waals surface area contributed by atoms with Gasteiger partial charge in [-0.05, 0) is 26.7 Å². The molecule has 9 nitrogen and oxygen atoms in total. The zero-order valence-corrected chi connectivity index (χ0v) is 16.0. The molecule has 2 saturated heterocycles. The van der Waals surface area contributed by atoms with Crippen LogP contribution in [0.3, 0.4) is 0 Å². The van der Waals surface area contributed by atoms with E-state index in [0.717, 1.165) is 12.8 Å². The van der Waals surface area contributed by atoms with Gasteiger partial charge in [-0.3, -0.25) is 9.69 Å². The van der Waals surface area contributed by atoms with Crippen LogP contribution in [0.1, 0.15) is 26.7 Å².